The Balaban J connectivity index is 1.87. The molecule has 0 unspecified atom stereocenters. The zero-order chi connectivity index (χ0) is 21.1. The second kappa shape index (κ2) is 8.34. The molecule has 7 nitrogen and oxygen atoms in total. The quantitative estimate of drug-likeness (QED) is 0.484. The maximum atomic E-state index is 13.7. The number of benzene rings is 2. The number of halogens is 2. The van der Waals surface area contributed by atoms with Crippen molar-refractivity contribution in [3.8, 4) is 23.0 Å². The molecule has 4 aromatic rings. The number of nitrogens with zero attached hydrogens (tertiary/aromatic N) is 4. The van der Waals surface area contributed by atoms with Crippen molar-refractivity contribution in [1.82, 2.24) is 19.5 Å². The minimum atomic E-state index is -0.808. The molecule has 0 aliphatic rings. The van der Waals surface area contributed by atoms with Gasteiger partial charge in [-0.3, -0.25) is 9.36 Å². The van der Waals surface area contributed by atoms with Crippen molar-refractivity contribution in [3.05, 3.63) is 76.7 Å². The molecule has 0 N–H and O–H groups in total. The van der Waals surface area contributed by atoms with E-state index < -0.39 is 17.2 Å². The van der Waals surface area contributed by atoms with E-state index in [0.717, 1.165) is 18.2 Å². The number of aromatic nitrogens is 4. The summed E-state index contributed by atoms with van der Waals surface area (Å²) in [5.41, 5.74) is -0.161. The number of para-hydroxylation sites is 1. The van der Waals surface area contributed by atoms with E-state index in [1.54, 1.807) is 24.3 Å². The summed E-state index contributed by atoms with van der Waals surface area (Å²) in [5.74, 6) is -1.09. The number of fused-ring (bicyclic) bond motifs is 1. The van der Waals surface area contributed by atoms with Gasteiger partial charge in [0.15, 0.2) is 5.65 Å². The Morgan fingerprint density at radius 2 is 1.77 bits per heavy atom. The highest BCUT2D eigenvalue weighted by Gasteiger charge is 2.17. The molecular formula is C21H16F2N4O3. The molecule has 0 atom stereocenters. The van der Waals surface area contributed by atoms with E-state index in [-0.39, 0.29) is 41.6 Å². The van der Waals surface area contributed by atoms with Crippen LogP contribution in [0.15, 0.2) is 59.5 Å². The van der Waals surface area contributed by atoms with Crippen molar-refractivity contribution in [2.45, 2.75) is 6.54 Å². The molecule has 0 saturated carbocycles. The largest absolute Gasteiger partial charge is 0.424 e. The number of rotatable bonds is 6. The van der Waals surface area contributed by atoms with E-state index in [0.29, 0.717) is 5.75 Å². The van der Waals surface area contributed by atoms with Gasteiger partial charge in [0.05, 0.1) is 19.3 Å². The SMILES string of the molecule is COCCn1c(=O)c(-c2cc(F)cc(F)c2)nc2cnc(Oc3ccccc3)nc21. The molecule has 4 rings (SSSR count). The Kier molecular flexibility index (Phi) is 5.44. The second-order valence-corrected chi connectivity index (χ2v) is 6.34. The lowest BCUT2D eigenvalue weighted by Gasteiger charge is -2.12. The average Bonchev–Trinajstić information content (AvgIpc) is 2.73. The van der Waals surface area contributed by atoms with Crippen LogP contribution in [0.3, 0.4) is 0 Å². The van der Waals surface area contributed by atoms with E-state index in [1.807, 2.05) is 6.07 Å². The zero-order valence-corrected chi connectivity index (χ0v) is 15.9. The van der Waals surface area contributed by atoms with E-state index in [9.17, 15) is 13.6 Å². The number of hydrogen-bond donors (Lipinski definition) is 0. The molecule has 152 valence electrons. The third-order valence-corrected chi connectivity index (χ3v) is 4.27. The van der Waals surface area contributed by atoms with Crippen molar-refractivity contribution >= 4 is 11.2 Å². The van der Waals surface area contributed by atoms with Gasteiger partial charge in [0, 0.05) is 18.7 Å². The summed E-state index contributed by atoms with van der Waals surface area (Å²) < 4.78 is 39.4. The number of methoxy groups -OCH3 is 1. The molecule has 2 heterocycles. The van der Waals surface area contributed by atoms with Gasteiger partial charge in [-0.05, 0) is 24.3 Å². The van der Waals surface area contributed by atoms with Gasteiger partial charge < -0.3 is 9.47 Å². The molecular weight excluding hydrogens is 394 g/mol. The highest BCUT2D eigenvalue weighted by atomic mass is 19.1. The van der Waals surface area contributed by atoms with Crippen LogP contribution in [0.5, 0.6) is 11.8 Å². The van der Waals surface area contributed by atoms with Gasteiger partial charge in [0.1, 0.15) is 28.6 Å². The van der Waals surface area contributed by atoms with Crippen LogP contribution in [0.25, 0.3) is 22.4 Å². The van der Waals surface area contributed by atoms with E-state index in [2.05, 4.69) is 15.0 Å². The highest BCUT2D eigenvalue weighted by molar-refractivity contribution is 5.74. The molecule has 2 aromatic heterocycles. The molecule has 0 spiro atoms. The van der Waals surface area contributed by atoms with Gasteiger partial charge in [0.25, 0.3) is 5.56 Å². The van der Waals surface area contributed by atoms with Gasteiger partial charge >= 0.3 is 6.01 Å². The molecule has 0 fully saturated rings. The summed E-state index contributed by atoms with van der Waals surface area (Å²) in [5, 5.41) is 0. The molecule has 0 bridgehead atoms. The summed E-state index contributed by atoms with van der Waals surface area (Å²) in [4.78, 5) is 25.8. The maximum Gasteiger partial charge on any atom is 0.324 e. The molecule has 9 heteroatoms. The molecule has 2 aromatic carbocycles. The predicted octanol–water partition coefficient (Wildman–Crippen LogP) is 3.57. The van der Waals surface area contributed by atoms with Crippen LogP contribution in [-0.2, 0) is 11.3 Å². The standard InChI is InChI=1S/C21H16F2N4O3/c1-29-8-7-27-19-17(12-24-21(26-19)30-16-5-3-2-4-6-16)25-18(20(27)28)13-9-14(22)11-15(23)10-13/h2-6,9-12H,7-8H2,1H3. The smallest absolute Gasteiger partial charge is 0.324 e. The van der Waals surface area contributed by atoms with Crippen LogP contribution < -0.4 is 10.3 Å². The van der Waals surface area contributed by atoms with Crippen LogP contribution in [0.4, 0.5) is 8.78 Å². The zero-order valence-electron chi connectivity index (χ0n) is 15.9. The lowest BCUT2D eigenvalue weighted by atomic mass is 10.1. The lowest BCUT2D eigenvalue weighted by Crippen LogP contribution is -2.26. The van der Waals surface area contributed by atoms with E-state index in [4.69, 9.17) is 9.47 Å². The third kappa shape index (κ3) is 4.01. The summed E-state index contributed by atoms with van der Waals surface area (Å²) in [6.45, 7) is 0.371. The first-order valence-corrected chi connectivity index (χ1v) is 9.01. The summed E-state index contributed by atoms with van der Waals surface area (Å²) in [6, 6.07) is 11.8. The van der Waals surface area contributed by atoms with Gasteiger partial charge in [-0.2, -0.15) is 4.98 Å². The Morgan fingerprint density at radius 1 is 1.03 bits per heavy atom. The van der Waals surface area contributed by atoms with Crippen LogP contribution in [0.2, 0.25) is 0 Å². The first-order valence-electron chi connectivity index (χ1n) is 9.01. The first-order chi connectivity index (χ1) is 14.5. The Hall–Kier alpha value is -3.72. The van der Waals surface area contributed by atoms with Crippen LogP contribution >= 0.6 is 0 Å². The van der Waals surface area contributed by atoms with Crippen molar-refractivity contribution in [1.29, 1.82) is 0 Å². The fourth-order valence-corrected chi connectivity index (χ4v) is 2.93. The Morgan fingerprint density at radius 3 is 2.47 bits per heavy atom. The Bertz CT molecular complexity index is 1240. The van der Waals surface area contributed by atoms with Gasteiger partial charge in [-0.15, -0.1) is 0 Å². The molecule has 30 heavy (non-hydrogen) atoms. The predicted molar refractivity (Wildman–Crippen MR) is 105 cm³/mol. The Labute approximate surface area is 169 Å². The summed E-state index contributed by atoms with van der Waals surface area (Å²) in [6.07, 6.45) is 1.39. The van der Waals surface area contributed by atoms with Gasteiger partial charge in [0.2, 0.25) is 0 Å². The molecule has 0 aliphatic heterocycles. The summed E-state index contributed by atoms with van der Waals surface area (Å²) in [7, 11) is 1.50. The fraction of sp³-hybridized carbons (Fsp3) is 0.143. The van der Waals surface area contributed by atoms with Crippen molar-refractivity contribution < 1.29 is 18.3 Å². The van der Waals surface area contributed by atoms with Gasteiger partial charge in [-0.1, -0.05) is 18.2 Å². The van der Waals surface area contributed by atoms with Crippen LogP contribution in [0.1, 0.15) is 0 Å². The molecule has 0 saturated heterocycles. The fourth-order valence-electron chi connectivity index (χ4n) is 2.93. The monoisotopic (exact) mass is 410 g/mol. The third-order valence-electron chi connectivity index (χ3n) is 4.27. The molecule has 0 aliphatic carbocycles. The van der Waals surface area contributed by atoms with Crippen molar-refractivity contribution in [2.75, 3.05) is 13.7 Å². The lowest BCUT2D eigenvalue weighted by molar-refractivity contribution is 0.187. The minimum absolute atomic E-state index is 0.0233. The summed E-state index contributed by atoms with van der Waals surface area (Å²) >= 11 is 0. The number of ether oxygens (including phenoxy) is 2. The second-order valence-electron chi connectivity index (χ2n) is 6.34. The first kappa shape index (κ1) is 19.6. The van der Waals surface area contributed by atoms with Gasteiger partial charge in [-0.25, -0.2) is 18.7 Å². The van der Waals surface area contributed by atoms with E-state index in [1.165, 1.54) is 17.9 Å². The highest BCUT2D eigenvalue weighted by Crippen LogP contribution is 2.22. The number of hydrogen-bond acceptors (Lipinski definition) is 6. The molecule has 0 amide bonds. The van der Waals surface area contributed by atoms with E-state index >= 15 is 0 Å². The van der Waals surface area contributed by atoms with Crippen LogP contribution in [0, 0.1) is 11.6 Å². The minimum Gasteiger partial charge on any atom is -0.424 e. The van der Waals surface area contributed by atoms with Crippen LogP contribution in [-0.4, -0.2) is 33.2 Å². The topological polar surface area (TPSA) is 79.1 Å². The maximum absolute atomic E-state index is 13.7. The van der Waals surface area contributed by atoms with Crippen molar-refractivity contribution in [2.24, 2.45) is 0 Å². The average molecular weight is 410 g/mol. The normalized spacial score (nSPS) is 11.0. The van der Waals surface area contributed by atoms with Crippen molar-refractivity contribution in [3.63, 3.8) is 0 Å². The molecule has 0 radical (unpaired) electrons.